The SMILES string of the molecule is C=C1c2ccc(Cl)cc2COc2ccccc21. The standard InChI is InChI=1S/C15H11ClO/c1-10-13-7-6-12(16)8-11(13)9-17-15-5-3-2-4-14(10)15/h2-8H,1,9H2. The zero-order chi connectivity index (χ0) is 11.8. The van der Waals surface area contributed by atoms with Gasteiger partial charge >= 0.3 is 0 Å². The Balaban J connectivity index is 2.20. The molecule has 2 aromatic rings. The fourth-order valence-electron chi connectivity index (χ4n) is 2.12. The molecule has 1 nitrogen and oxygen atoms in total. The monoisotopic (exact) mass is 242 g/mol. The van der Waals surface area contributed by atoms with Gasteiger partial charge < -0.3 is 4.74 Å². The Morgan fingerprint density at radius 1 is 1.06 bits per heavy atom. The lowest BCUT2D eigenvalue weighted by Gasteiger charge is -2.07. The van der Waals surface area contributed by atoms with E-state index in [1.165, 1.54) is 0 Å². The summed E-state index contributed by atoms with van der Waals surface area (Å²) in [5.74, 6) is 0.879. The molecule has 17 heavy (non-hydrogen) atoms. The minimum absolute atomic E-state index is 0.534. The van der Waals surface area contributed by atoms with E-state index in [1.807, 2.05) is 42.5 Å². The van der Waals surface area contributed by atoms with Crippen LogP contribution in [0.25, 0.3) is 5.57 Å². The normalized spacial score (nSPS) is 13.4. The summed E-state index contributed by atoms with van der Waals surface area (Å²) in [6.45, 7) is 4.70. The van der Waals surface area contributed by atoms with E-state index in [-0.39, 0.29) is 0 Å². The first-order valence-electron chi connectivity index (χ1n) is 5.45. The van der Waals surface area contributed by atoms with Crippen LogP contribution in [0.5, 0.6) is 5.75 Å². The molecule has 0 N–H and O–H groups in total. The highest BCUT2D eigenvalue weighted by Gasteiger charge is 2.17. The molecule has 0 radical (unpaired) electrons. The summed E-state index contributed by atoms with van der Waals surface area (Å²) in [5, 5.41) is 0.728. The maximum absolute atomic E-state index is 6.00. The number of ether oxygens (including phenoxy) is 1. The number of rotatable bonds is 0. The van der Waals surface area contributed by atoms with Crippen LogP contribution in [0, 0.1) is 0 Å². The van der Waals surface area contributed by atoms with Crippen molar-refractivity contribution in [2.75, 3.05) is 0 Å². The molecule has 0 amide bonds. The number of halogens is 1. The molecule has 2 heteroatoms. The van der Waals surface area contributed by atoms with E-state index < -0.39 is 0 Å². The average molecular weight is 243 g/mol. The molecule has 0 aliphatic carbocycles. The summed E-state index contributed by atoms with van der Waals surface area (Å²) in [5.41, 5.74) is 4.23. The molecule has 84 valence electrons. The second-order valence-corrected chi connectivity index (χ2v) is 4.50. The van der Waals surface area contributed by atoms with Gasteiger partial charge in [0.25, 0.3) is 0 Å². The minimum atomic E-state index is 0.534. The van der Waals surface area contributed by atoms with Gasteiger partial charge in [0, 0.05) is 10.6 Å². The van der Waals surface area contributed by atoms with Crippen LogP contribution in [0.2, 0.25) is 5.02 Å². The zero-order valence-corrected chi connectivity index (χ0v) is 10.00. The van der Waals surface area contributed by atoms with Crippen LogP contribution in [0.3, 0.4) is 0 Å². The first kappa shape index (κ1) is 10.4. The summed E-state index contributed by atoms with van der Waals surface area (Å²) in [7, 11) is 0. The van der Waals surface area contributed by atoms with Gasteiger partial charge in [-0.3, -0.25) is 0 Å². The third-order valence-corrected chi connectivity index (χ3v) is 3.22. The van der Waals surface area contributed by atoms with E-state index in [1.54, 1.807) is 0 Å². The quantitative estimate of drug-likeness (QED) is 0.670. The molecule has 0 saturated heterocycles. The van der Waals surface area contributed by atoms with E-state index >= 15 is 0 Å². The molecule has 0 saturated carbocycles. The number of benzene rings is 2. The molecule has 1 aliphatic rings. The molecule has 1 aliphatic heterocycles. The molecule has 0 bridgehead atoms. The van der Waals surface area contributed by atoms with Crippen molar-refractivity contribution >= 4 is 17.2 Å². The van der Waals surface area contributed by atoms with Crippen LogP contribution in [0.1, 0.15) is 16.7 Å². The Kier molecular flexibility index (Phi) is 2.41. The van der Waals surface area contributed by atoms with Gasteiger partial charge in [-0.15, -0.1) is 0 Å². The van der Waals surface area contributed by atoms with Crippen molar-refractivity contribution in [2.24, 2.45) is 0 Å². The summed E-state index contributed by atoms with van der Waals surface area (Å²) < 4.78 is 5.78. The van der Waals surface area contributed by atoms with Crippen LogP contribution < -0.4 is 4.74 Å². The largest absolute Gasteiger partial charge is 0.488 e. The van der Waals surface area contributed by atoms with Gasteiger partial charge in [-0.2, -0.15) is 0 Å². The predicted molar refractivity (Wildman–Crippen MR) is 70.4 cm³/mol. The Hall–Kier alpha value is -1.73. The minimum Gasteiger partial charge on any atom is -0.488 e. The Bertz CT molecular complexity index is 602. The number of hydrogen-bond donors (Lipinski definition) is 0. The van der Waals surface area contributed by atoms with Crippen LogP contribution in [0.4, 0.5) is 0 Å². The molecule has 0 aromatic heterocycles. The number of fused-ring (bicyclic) bond motifs is 2. The Morgan fingerprint density at radius 3 is 2.76 bits per heavy atom. The Labute approximate surface area is 105 Å². The van der Waals surface area contributed by atoms with Gasteiger partial charge in [-0.1, -0.05) is 42.4 Å². The van der Waals surface area contributed by atoms with Crippen molar-refractivity contribution in [3.8, 4) is 5.75 Å². The summed E-state index contributed by atoms with van der Waals surface area (Å²) in [6, 6.07) is 13.8. The lowest BCUT2D eigenvalue weighted by Crippen LogP contribution is -1.95. The molecule has 0 spiro atoms. The molecule has 1 heterocycles. The van der Waals surface area contributed by atoms with E-state index in [2.05, 4.69) is 6.58 Å². The number of hydrogen-bond acceptors (Lipinski definition) is 1. The van der Waals surface area contributed by atoms with Crippen LogP contribution >= 0.6 is 11.6 Å². The average Bonchev–Trinajstić information content (AvgIpc) is 2.48. The second kappa shape index (κ2) is 3.94. The fraction of sp³-hybridized carbons (Fsp3) is 0.0667. The highest BCUT2D eigenvalue weighted by atomic mass is 35.5. The lowest BCUT2D eigenvalue weighted by atomic mass is 9.96. The van der Waals surface area contributed by atoms with Crippen LogP contribution in [-0.2, 0) is 6.61 Å². The van der Waals surface area contributed by atoms with Crippen molar-refractivity contribution in [3.05, 3.63) is 70.8 Å². The van der Waals surface area contributed by atoms with Gasteiger partial charge in [0.15, 0.2) is 0 Å². The molecule has 2 aromatic carbocycles. The van der Waals surface area contributed by atoms with Gasteiger partial charge in [0.1, 0.15) is 12.4 Å². The van der Waals surface area contributed by atoms with Crippen molar-refractivity contribution in [3.63, 3.8) is 0 Å². The summed E-state index contributed by atoms with van der Waals surface area (Å²) in [6.07, 6.45) is 0. The fourth-order valence-corrected chi connectivity index (χ4v) is 2.31. The second-order valence-electron chi connectivity index (χ2n) is 4.06. The van der Waals surface area contributed by atoms with Gasteiger partial charge in [-0.05, 0) is 34.9 Å². The van der Waals surface area contributed by atoms with Crippen molar-refractivity contribution < 1.29 is 4.74 Å². The highest BCUT2D eigenvalue weighted by molar-refractivity contribution is 6.30. The van der Waals surface area contributed by atoms with Gasteiger partial charge in [-0.25, -0.2) is 0 Å². The predicted octanol–water partition coefficient (Wildman–Crippen LogP) is 4.29. The van der Waals surface area contributed by atoms with Crippen molar-refractivity contribution in [1.29, 1.82) is 0 Å². The smallest absolute Gasteiger partial charge is 0.127 e. The third-order valence-electron chi connectivity index (χ3n) is 2.99. The van der Waals surface area contributed by atoms with Gasteiger partial charge in [0.2, 0.25) is 0 Å². The van der Waals surface area contributed by atoms with E-state index in [0.29, 0.717) is 6.61 Å². The van der Waals surface area contributed by atoms with Crippen LogP contribution in [0.15, 0.2) is 49.0 Å². The highest BCUT2D eigenvalue weighted by Crippen LogP contribution is 2.36. The first-order chi connectivity index (χ1) is 8.25. The zero-order valence-electron chi connectivity index (χ0n) is 9.24. The van der Waals surface area contributed by atoms with Gasteiger partial charge in [0.05, 0.1) is 0 Å². The maximum Gasteiger partial charge on any atom is 0.127 e. The summed E-state index contributed by atoms with van der Waals surface area (Å²) >= 11 is 6.00. The number of para-hydroxylation sites is 1. The maximum atomic E-state index is 6.00. The molecule has 3 rings (SSSR count). The topological polar surface area (TPSA) is 9.23 Å². The van der Waals surface area contributed by atoms with E-state index in [0.717, 1.165) is 33.0 Å². The molecule has 0 fully saturated rings. The molecular formula is C15H11ClO. The molecule has 0 atom stereocenters. The third kappa shape index (κ3) is 1.73. The summed E-state index contributed by atoms with van der Waals surface area (Å²) in [4.78, 5) is 0. The van der Waals surface area contributed by atoms with Crippen molar-refractivity contribution in [2.45, 2.75) is 6.61 Å². The van der Waals surface area contributed by atoms with Crippen molar-refractivity contribution in [1.82, 2.24) is 0 Å². The molecular weight excluding hydrogens is 232 g/mol. The van der Waals surface area contributed by atoms with Crippen LogP contribution in [-0.4, -0.2) is 0 Å². The molecule has 0 unspecified atom stereocenters. The Morgan fingerprint density at radius 2 is 1.88 bits per heavy atom. The van der Waals surface area contributed by atoms with E-state index in [9.17, 15) is 0 Å². The lowest BCUT2D eigenvalue weighted by molar-refractivity contribution is 0.307. The van der Waals surface area contributed by atoms with E-state index in [4.69, 9.17) is 16.3 Å². The first-order valence-corrected chi connectivity index (χ1v) is 5.83.